The highest BCUT2D eigenvalue weighted by molar-refractivity contribution is 7.08. The molecule has 3 aromatic rings. The van der Waals surface area contributed by atoms with Crippen LogP contribution < -0.4 is 19.5 Å². The first kappa shape index (κ1) is 15.4. The van der Waals surface area contributed by atoms with E-state index in [-0.39, 0.29) is 12.7 Å². The SMILES string of the molecule is COc1ccc(-c2nnsc2C(=O)Nc2ccc3c(c2)OCO3)cc1. The Bertz CT molecular complexity index is 924. The van der Waals surface area contributed by atoms with Crippen molar-refractivity contribution < 1.29 is 19.0 Å². The van der Waals surface area contributed by atoms with E-state index >= 15 is 0 Å². The third kappa shape index (κ3) is 2.99. The van der Waals surface area contributed by atoms with Crippen molar-refractivity contribution in [3.63, 3.8) is 0 Å². The maximum Gasteiger partial charge on any atom is 0.269 e. The van der Waals surface area contributed by atoms with Crippen molar-refractivity contribution >= 4 is 23.1 Å². The molecule has 0 unspecified atom stereocenters. The molecule has 1 aliphatic rings. The number of rotatable bonds is 4. The molecule has 0 fully saturated rings. The molecule has 25 heavy (non-hydrogen) atoms. The van der Waals surface area contributed by atoms with Gasteiger partial charge in [-0.1, -0.05) is 4.49 Å². The summed E-state index contributed by atoms with van der Waals surface area (Å²) < 4.78 is 19.6. The van der Waals surface area contributed by atoms with Crippen LogP contribution in [0.4, 0.5) is 5.69 Å². The lowest BCUT2D eigenvalue weighted by atomic mass is 10.1. The second-order valence-corrected chi connectivity index (χ2v) is 5.96. The largest absolute Gasteiger partial charge is 0.497 e. The first-order valence-electron chi connectivity index (χ1n) is 7.42. The molecule has 8 heteroatoms. The Morgan fingerprint density at radius 1 is 1.16 bits per heavy atom. The van der Waals surface area contributed by atoms with Gasteiger partial charge in [-0.15, -0.1) is 5.10 Å². The van der Waals surface area contributed by atoms with E-state index in [0.717, 1.165) is 22.8 Å². The second-order valence-electron chi connectivity index (χ2n) is 5.20. The first-order valence-corrected chi connectivity index (χ1v) is 8.20. The highest BCUT2D eigenvalue weighted by Crippen LogP contribution is 2.34. The van der Waals surface area contributed by atoms with Gasteiger partial charge in [0.2, 0.25) is 6.79 Å². The number of aromatic nitrogens is 2. The Kier molecular flexibility index (Phi) is 3.95. The van der Waals surface area contributed by atoms with Gasteiger partial charge in [0.25, 0.3) is 5.91 Å². The molecule has 0 atom stereocenters. The molecule has 126 valence electrons. The molecule has 0 radical (unpaired) electrons. The lowest BCUT2D eigenvalue weighted by molar-refractivity contribution is 0.103. The van der Waals surface area contributed by atoms with Crippen LogP contribution in [0.1, 0.15) is 9.67 Å². The lowest BCUT2D eigenvalue weighted by Crippen LogP contribution is -2.11. The molecule has 0 spiro atoms. The molecular weight excluding hydrogens is 342 g/mol. The summed E-state index contributed by atoms with van der Waals surface area (Å²) in [6.07, 6.45) is 0. The maximum absolute atomic E-state index is 12.6. The van der Waals surface area contributed by atoms with Gasteiger partial charge in [-0.05, 0) is 47.9 Å². The molecule has 2 aromatic carbocycles. The second kappa shape index (κ2) is 6.40. The van der Waals surface area contributed by atoms with Gasteiger partial charge in [0.1, 0.15) is 16.3 Å². The van der Waals surface area contributed by atoms with Gasteiger partial charge in [-0.2, -0.15) is 0 Å². The molecule has 2 heterocycles. The van der Waals surface area contributed by atoms with Crippen LogP contribution in [-0.4, -0.2) is 29.4 Å². The molecule has 0 saturated heterocycles. The van der Waals surface area contributed by atoms with E-state index in [1.165, 1.54) is 0 Å². The zero-order chi connectivity index (χ0) is 17.2. The predicted octanol–water partition coefficient (Wildman–Crippen LogP) is 3.19. The van der Waals surface area contributed by atoms with Crippen molar-refractivity contribution in [1.29, 1.82) is 0 Å². The van der Waals surface area contributed by atoms with Crippen LogP contribution in [-0.2, 0) is 0 Å². The number of hydrogen-bond acceptors (Lipinski definition) is 7. The number of nitrogens with one attached hydrogen (secondary N) is 1. The number of carbonyl (C=O) groups excluding carboxylic acids is 1. The van der Waals surface area contributed by atoms with Crippen LogP contribution >= 0.6 is 11.5 Å². The van der Waals surface area contributed by atoms with Crippen molar-refractivity contribution in [3.8, 4) is 28.5 Å². The molecule has 1 N–H and O–H groups in total. The third-order valence-electron chi connectivity index (χ3n) is 3.69. The minimum atomic E-state index is -0.278. The average Bonchev–Trinajstić information content (AvgIpc) is 3.30. The number of nitrogens with zero attached hydrogens (tertiary/aromatic N) is 2. The van der Waals surface area contributed by atoms with Crippen molar-refractivity contribution in [2.45, 2.75) is 0 Å². The average molecular weight is 355 g/mol. The molecule has 1 amide bonds. The summed E-state index contributed by atoms with van der Waals surface area (Å²) in [6.45, 7) is 0.188. The van der Waals surface area contributed by atoms with Gasteiger partial charge in [-0.25, -0.2) is 0 Å². The molecule has 4 rings (SSSR count). The number of benzene rings is 2. The minimum absolute atomic E-state index is 0.188. The molecule has 1 aliphatic heterocycles. The number of carbonyl (C=O) groups is 1. The molecule has 0 bridgehead atoms. The van der Waals surface area contributed by atoms with E-state index < -0.39 is 0 Å². The number of anilines is 1. The van der Waals surface area contributed by atoms with Crippen molar-refractivity contribution in [2.24, 2.45) is 0 Å². The van der Waals surface area contributed by atoms with Crippen LogP contribution in [0.5, 0.6) is 17.2 Å². The Labute approximate surface area is 147 Å². The molecule has 1 aromatic heterocycles. The van der Waals surface area contributed by atoms with Crippen LogP contribution in [0.2, 0.25) is 0 Å². The Morgan fingerprint density at radius 3 is 2.76 bits per heavy atom. The minimum Gasteiger partial charge on any atom is -0.497 e. The number of fused-ring (bicyclic) bond motifs is 1. The Balaban J connectivity index is 1.57. The lowest BCUT2D eigenvalue weighted by Gasteiger charge is -2.06. The molecular formula is C17H13N3O4S. The van der Waals surface area contributed by atoms with E-state index in [4.69, 9.17) is 14.2 Å². The zero-order valence-corrected chi connectivity index (χ0v) is 14.0. The highest BCUT2D eigenvalue weighted by atomic mass is 32.1. The summed E-state index contributed by atoms with van der Waals surface area (Å²) in [6, 6.07) is 12.5. The monoisotopic (exact) mass is 355 g/mol. The number of ether oxygens (including phenoxy) is 3. The maximum atomic E-state index is 12.6. The van der Waals surface area contributed by atoms with E-state index in [0.29, 0.717) is 27.8 Å². The summed E-state index contributed by atoms with van der Waals surface area (Å²) in [7, 11) is 1.60. The van der Waals surface area contributed by atoms with Gasteiger partial charge < -0.3 is 19.5 Å². The van der Waals surface area contributed by atoms with Crippen LogP contribution in [0.15, 0.2) is 42.5 Å². The summed E-state index contributed by atoms with van der Waals surface area (Å²) in [5.74, 6) is 1.73. The molecule has 0 saturated carbocycles. The number of methoxy groups -OCH3 is 1. The highest BCUT2D eigenvalue weighted by Gasteiger charge is 2.19. The fourth-order valence-electron chi connectivity index (χ4n) is 2.44. The van der Waals surface area contributed by atoms with Gasteiger partial charge in [-0.3, -0.25) is 4.79 Å². The fraction of sp³-hybridized carbons (Fsp3) is 0.118. The van der Waals surface area contributed by atoms with Crippen molar-refractivity contribution in [1.82, 2.24) is 9.59 Å². The van der Waals surface area contributed by atoms with E-state index in [1.54, 1.807) is 25.3 Å². The van der Waals surface area contributed by atoms with Crippen molar-refractivity contribution in [2.75, 3.05) is 19.2 Å². The van der Waals surface area contributed by atoms with Gasteiger partial charge >= 0.3 is 0 Å². The van der Waals surface area contributed by atoms with E-state index in [2.05, 4.69) is 14.9 Å². The first-order chi connectivity index (χ1) is 12.2. The molecule has 7 nitrogen and oxygen atoms in total. The smallest absolute Gasteiger partial charge is 0.269 e. The van der Waals surface area contributed by atoms with Crippen molar-refractivity contribution in [3.05, 3.63) is 47.3 Å². The summed E-state index contributed by atoms with van der Waals surface area (Å²) in [4.78, 5) is 13.0. The van der Waals surface area contributed by atoms with Gasteiger partial charge in [0.05, 0.1) is 7.11 Å². The third-order valence-corrected chi connectivity index (χ3v) is 4.41. The number of amides is 1. The fourth-order valence-corrected chi connectivity index (χ4v) is 3.02. The van der Waals surface area contributed by atoms with E-state index in [9.17, 15) is 4.79 Å². The van der Waals surface area contributed by atoms with Crippen LogP contribution in [0.3, 0.4) is 0 Å². The summed E-state index contributed by atoms with van der Waals surface area (Å²) >= 11 is 1.05. The zero-order valence-electron chi connectivity index (χ0n) is 13.2. The van der Waals surface area contributed by atoms with Gasteiger partial charge in [0, 0.05) is 17.3 Å². The Hall–Kier alpha value is -3.13. The van der Waals surface area contributed by atoms with E-state index in [1.807, 2.05) is 24.3 Å². The topological polar surface area (TPSA) is 82.6 Å². The number of hydrogen-bond donors (Lipinski definition) is 1. The standard InChI is InChI=1S/C17H13N3O4S/c1-22-12-5-2-10(3-6-12)15-16(25-20-19-15)17(21)18-11-4-7-13-14(8-11)24-9-23-13/h2-8H,9H2,1H3,(H,18,21). The summed E-state index contributed by atoms with van der Waals surface area (Å²) in [5, 5.41) is 6.92. The quantitative estimate of drug-likeness (QED) is 0.774. The molecule has 0 aliphatic carbocycles. The summed E-state index contributed by atoms with van der Waals surface area (Å²) in [5.41, 5.74) is 1.94. The van der Waals surface area contributed by atoms with Gasteiger partial charge in [0.15, 0.2) is 11.5 Å². The normalized spacial score (nSPS) is 12.0. The predicted molar refractivity (Wildman–Crippen MR) is 92.4 cm³/mol. The Morgan fingerprint density at radius 2 is 1.96 bits per heavy atom. The van der Waals surface area contributed by atoms with Crippen LogP contribution in [0.25, 0.3) is 11.3 Å². The van der Waals surface area contributed by atoms with Crippen LogP contribution in [0, 0.1) is 0 Å².